The number of nitrogens with two attached hydrogens (primary N) is 1. The minimum Gasteiger partial charge on any atom is -0.383 e. The largest absolute Gasteiger partial charge is 0.383 e. The van der Waals surface area contributed by atoms with Crippen molar-refractivity contribution in [2.45, 2.75) is 35.6 Å². The van der Waals surface area contributed by atoms with E-state index in [2.05, 4.69) is 24.0 Å². The summed E-state index contributed by atoms with van der Waals surface area (Å²) in [7, 11) is 1.60. The van der Waals surface area contributed by atoms with E-state index >= 15 is 0 Å². The van der Waals surface area contributed by atoms with Crippen LogP contribution in [0.4, 0.5) is 0 Å². The van der Waals surface area contributed by atoms with Crippen LogP contribution in [0.1, 0.15) is 36.9 Å². The van der Waals surface area contributed by atoms with Crippen LogP contribution in [0.25, 0.3) is 0 Å². The molecule has 2 heterocycles. The van der Waals surface area contributed by atoms with Crippen LogP contribution in [0.15, 0.2) is 4.52 Å². The molecule has 0 radical (unpaired) electrons. The molecule has 0 spiro atoms. The smallest absolute Gasteiger partial charge is 0.245 e. The van der Waals surface area contributed by atoms with E-state index in [1.165, 1.54) is 0 Å². The number of nitrogens with zero attached hydrogens (tertiary/aromatic N) is 2. The quantitative estimate of drug-likeness (QED) is 0.908. The summed E-state index contributed by atoms with van der Waals surface area (Å²) < 4.78 is 10.2. The van der Waals surface area contributed by atoms with Gasteiger partial charge in [-0.15, -0.1) is 11.8 Å². The third-order valence-corrected chi connectivity index (χ3v) is 6.35. The second kappa shape index (κ2) is 6.27. The zero-order valence-electron chi connectivity index (χ0n) is 10.8. The highest BCUT2D eigenvalue weighted by Crippen LogP contribution is 2.43. The van der Waals surface area contributed by atoms with Crippen LogP contribution in [-0.2, 0) is 4.74 Å². The molecule has 0 aliphatic carbocycles. The van der Waals surface area contributed by atoms with Crippen molar-refractivity contribution in [3.8, 4) is 0 Å². The molecule has 4 atom stereocenters. The average molecular weight is 289 g/mol. The van der Waals surface area contributed by atoms with Crippen LogP contribution in [0.3, 0.4) is 0 Å². The molecule has 1 aromatic rings. The van der Waals surface area contributed by atoms with E-state index in [1.807, 2.05) is 23.5 Å². The molecule has 5 nitrogen and oxygen atoms in total. The van der Waals surface area contributed by atoms with E-state index in [9.17, 15) is 0 Å². The maximum Gasteiger partial charge on any atom is 0.245 e. The summed E-state index contributed by atoms with van der Waals surface area (Å²) in [5.41, 5.74) is 5.86. The Hall–Kier alpha value is -0.240. The zero-order chi connectivity index (χ0) is 13.1. The Balaban J connectivity index is 2.01. The summed E-state index contributed by atoms with van der Waals surface area (Å²) in [5, 5.41) is 5.62. The molecule has 2 N–H and O–H groups in total. The van der Waals surface area contributed by atoms with Crippen LogP contribution in [0.5, 0.6) is 0 Å². The van der Waals surface area contributed by atoms with Crippen molar-refractivity contribution in [3.63, 3.8) is 0 Å². The fraction of sp³-hybridized carbons (Fsp3) is 0.818. The molecule has 0 amide bonds. The molecule has 1 fully saturated rings. The Morgan fingerprint density at radius 2 is 2.28 bits per heavy atom. The number of aromatic nitrogens is 2. The highest BCUT2D eigenvalue weighted by atomic mass is 32.2. The van der Waals surface area contributed by atoms with Gasteiger partial charge in [-0.1, -0.05) is 19.0 Å². The predicted octanol–water partition coefficient (Wildman–Crippen LogP) is 2.01. The summed E-state index contributed by atoms with van der Waals surface area (Å²) in [6.45, 7) is 4.89. The Morgan fingerprint density at radius 1 is 1.50 bits per heavy atom. The Labute approximate surface area is 116 Å². The van der Waals surface area contributed by atoms with Gasteiger partial charge in [0.05, 0.1) is 11.9 Å². The summed E-state index contributed by atoms with van der Waals surface area (Å²) in [4.78, 5) is 4.39. The van der Waals surface area contributed by atoms with Gasteiger partial charge in [-0.2, -0.15) is 16.7 Å². The van der Waals surface area contributed by atoms with E-state index < -0.39 is 0 Å². The maximum absolute atomic E-state index is 5.86. The van der Waals surface area contributed by atoms with E-state index in [0.717, 1.165) is 11.6 Å². The molecule has 2 rings (SSSR count). The lowest BCUT2D eigenvalue weighted by molar-refractivity contribution is 0.166. The van der Waals surface area contributed by atoms with Gasteiger partial charge in [0.2, 0.25) is 5.89 Å². The van der Waals surface area contributed by atoms with Gasteiger partial charge in [-0.05, 0) is 0 Å². The fourth-order valence-corrected chi connectivity index (χ4v) is 4.53. The summed E-state index contributed by atoms with van der Waals surface area (Å²) in [6.07, 6.45) is 0. The standard InChI is InChI=1S/C11H19N3O2S2/c1-6-7(2)18-9(5-17-6)10-13-11(16-14-10)8(12)4-15-3/h6-9H,4-5,12H2,1-3H3. The lowest BCUT2D eigenvalue weighted by Gasteiger charge is -2.29. The number of ether oxygens (including phenoxy) is 1. The van der Waals surface area contributed by atoms with Crippen LogP contribution in [0, 0.1) is 0 Å². The average Bonchev–Trinajstić information content (AvgIpc) is 2.82. The van der Waals surface area contributed by atoms with Crippen molar-refractivity contribution in [1.82, 2.24) is 10.1 Å². The van der Waals surface area contributed by atoms with Gasteiger partial charge in [0.15, 0.2) is 5.82 Å². The Kier molecular flexibility index (Phi) is 4.94. The molecule has 0 saturated carbocycles. The van der Waals surface area contributed by atoms with Crippen LogP contribution < -0.4 is 5.73 Å². The van der Waals surface area contributed by atoms with Crippen LogP contribution >= 0.6 is 23.5 Å². The van der Waals surface area contributed by atoms with E-state index in [4.69, 9.17) is 15.0 Å². The summed E-state index contributed by atoms with van der Waals surface area (Å²) in [5.74, 6) is 2.24. The van der Waals surface area contributed by atoms with Crippen molar-refractivity contribution < 1.29 is 9.26 Å². The van der Waals surface area contributed by atoms with Gasteiger partial charge < -0.3 is 15.0 Å². The first-order valence-corrected chi connectivity index (χ1v) is 7.96. The minimum atomic E-state index is -0.339. The van der Waals surface area contributed by atoms with Gasteiger partial charge in [0, 0.05) is 23.4 Å². The molecule has 0 aromatic carbocycles. The Morgan fingerprint density at radius 3 is 2.94 bits per heavy atom. The monoisotopic (exact) mass is 289 g/mol. The van der Waals surface area contributed by atoms with Gasteiger partial charge in [0.25, 0.3) is 0 Å². The summed E-state index contributed by atoms with van der Waals surface area (Å²) in [6, 6.07) is -0.339. The van der Waals surface area contributed by atoms with Crippen molar-refractivity contribution >= 4 is 23.5 Å². The van der Waals surface area contributed by atoms with E-state index in [1.54, 1.807) is 7.11 Å². The normalized spacial score (nSPS) is 30.3. The molecule has 18 heavy (non-hydrogen) atoms. The first kappa shape index (κ1) is 14.2. The molecular weight excluding hydrogens is 270 g/mol. The lowest BCUT2D eigenvalue weighted by Crippen LogP contribution is -2.22. The molecular formula is C11H19N3O2S2. The van der Waals surface area contributed by atoms with Gasteiger partial charge in [-0.3, -0.25) is 0 Å². The second-order valence-electron chi connectivity index (χ2n) is 4.42. The van der Waals surface area contributed by atoms with E-state index in [0.29, 0.717) is 28.2 Å². The third kappa shape index (κ3) is 3.20. The number of methoxy groups -OCH3 is 1. The number of thioether (sulfide) groups is 2. The molecule has 1 aliphatic rings. The molecule has 1 aromatic heterocycles. The van der Waals surface area contributed by atoms with Crippen molar-refractivity contribution in [3.05, 3.63) is 11.7 Å². The molecule has 0 bridgehead atoms. The molecule has 1 saturated heterocycles. The summed E-state index contributed by atoms with van der Waals surface area (Å²) >= 11 is 3.87. The maximum atomic E-state index is 5.86. The van der Waals surface area contributed by atoms with E-state index in [-0.39, 0.29) is 6.04 Å². The van der Waals surface area contributed by atoms with Gasteiger partial charge >= 0.3 is 0 Å². The number of hydrogen-bond acceptors (Lipinski definition) is 7. The zero-order valence-corrected chi connectivity index (χ0v) is 12.5. The third-order valence-electron chi connectivity index (χ3n) is 2.96. The minimum absolute atomic E-state index is 0.299. The second-order valence-corrected chi connectivity index (χ2v) is 7.42. The number of rotatable bonds is 4. The Bertz CT molecular complexity index is 388. The lowest BCUT2D eigenvalue weighted by atomic mass is 10.3. The predicted molar refractivity (Wildman–Crippen MR) is 74.8 cm³/mol. The molecule has 102 valence electrons. The fourth-order valence-electron chi connectivity index (χ4n) is 1.70. The van der Waals surface area contributed by atoms with Crippen molar-refractivity contribution in [1.29, 1.82) is 0 Å². The first-order valence-electron chi connectivity index (χ1n) is 5.97. The topological polar surface area (TPSA) is 74.2 Å². The van der Waals surface area contributed by atoms with Crippen molar-refractivity contribution in [2.24, 2.45) is 5.73 Å². The molecule has 7 heteroatoms. The van der Waals surface area contributed by atoms with Crippen LogP contribution in [-0.4, -0.2) is 40.1 Å². The van der Waals surface area contributed by atoms with Crippen LogP contribution in [0.2, 0.25) is 0 Å². The van der Waals surface area contributed by atoms with Gasteiger partial charge in [0.1, 0.15) is 6.04 Å². The molecule has 4 unspecified atom stereocenters. The van der Waals surface area contributed by atoms with Crippen molar-refractivity contribution in [2.75, 3.05) is 19.5 Å². The SMILES string of the molecule is COCC(N)c1nc(C2CSC(C)C(C)S2)no1. The molecule has 1 aliphatic heterocycles. The first-order chi connectivity index (χ1) is 8.61. The number of hydrogen-bond donors (Lipinski definition) is 1. The highest BCUT2D eigenvalue weighted by Gasteiger charge is 2.30. The highest BCUT2D eigenvalue weighted by molar-refractivity contribution is 8.07. The van der Waals surface area contributed by atoms with Gasteiger partial charge in [-0.25, -0.2) is 0 Å².